The molecular formula is C14H23N3O2. The van der Waals surface area contributed by atoms with Gasteiger partial charge in [-0.15, -0.1) is 0 Å². The highest BCUT2D eigenvalue weighted by Crippen LogP contribution is 2.36. The molecule has 2 heterocycles. The van der Waals surface area contributed by atoms with Crippen LogP contribution in [-0.2, 0) is 4.79 Å². The molecular weight excluding hydrogens is 242 g/mol. The number of nitrogens with zero attached hydrogens (tertiary/aromatic N) is 3. The van der Waals surface area contributed by atoms with Gasteiger partial charge in [0.05, 0.1) is 12.1 Å². The number of rotatable bonds is 2. The van der Waals surface area contributed by atoms with Crippen LogP contribution in [0.4, 0.5) is 4.79 Å². The summed E-state index contributed by atoms with van der Waals surface area (Å²) in [4.78, 5) is 30.0. The summed E-state index contributed by atoms with van der Waals surface area (Å²) < 4.78 is 0. The zero-order chi connectivity index (χ0) is 13.6. The van der Waals surface area contributed by atoms with Crippen LogP contribution in [0.2, 0.25) is 0 Å². The van der Waals surface area contributed by atoms with Gasteiger partial charge in [0.1, 0.15) is 0 Å². The van der Waals surface area contributed by atoms with Crippen LogP contribution in [0.25, 0.3) is 0 Å². The molecule has 3 aliphatic rings. The predicted molar refractivity (Wildman–Crippen MR) is 71.7 cm³/mol. The summed E-state index contributed by atoms with van der Waals surface area (Å²) in [6.45, 7) is 1.71. The van der Waals surface area contributed by atoms with E-state index in [2.05, 4.69) is 4.90 Å². The van der Waals surface area contributed by atoms with Crippen LogP contribution >= 0.6 is 0 Å². The zero-order valence-electron chi connectivity index (χ0n) is 11.8. The van der Waals surface area contributed by atoms with Crippen LogP contribution < -0.4 is 0 Å². The maximum atomic E-state index is 12.2. The summed E-state index contributed by atoms with van der Waals surface area (Å²) in [5, 5.41) is 0. The number of fused-ring (bicyclic) bond motifs is 1. The van der Waals surface area contributed by atoms with Crippen LogP contribution in [-0.4, -0.2) is 65.9 Å². The second-order valence-electron chi connectivity index (χ2n) is 6.32. The number of amides is 3. The Kier molecular flexibility index (Phi) is 3.15. The Hall–Kier alpha value is -1.26. The van der Waals surface area contributed by atoms with E-state index in [0.29, 0.717) is 12.3 Å². The number of hydrogen-bond donors (Lipinski definition) is 0. The molecule has 19 heavy (non-hydrogen) atoms. The van der Waals surface area contributed by atoms with Gasteiger partial charge in [0.2, 0.25) is 5.91 Å². The molecule has 0 aromatic carbocycles. The largest absolute Gasteiger partial charge is 0.337 e. The molecule has 1 aliphatic carbocycles. The van der Waals surface area contributed by atoms with E-state index < -0.39 is 0 Å². The van der Waals surface area contributed by atoms with Gasteiger partial charge in [-0.05, 0) is 31.6 Å². The molecule has 3 rings (SSSR count). The number of hydrogen-bond acceptors (Lipinski definition) is 2. The molecule has 106 valence electrons. The lowest BCUT2D eigenvalue weighted by Crippen LogP contribution is -2.54. The van der Waals surface area contributed by atoms with E-state index in [1.165, 1.54) is 12.8 Å². The molecule has 2 atom stereocenters. The van der Waals surface area contributed by atoms with Gasteiger partial charge < -0.3 is 14.7 Å². The first-order valence-electron chi connectivity index (χ1n) is 7.35. The smallest absolute Gasteiger partial charge is 0.319 e. The summed E-state index contributed by atoms with van der Waals surface area (Å²) in [5.74, 6) is 1.02. The van der Waals surface area contributed by atoms with Gasteiger partial charge >= 0.3 is 6.03 Å². The van der Waals surface area contributed by atoms with Crippen molar-refractivity contribution in [2.24, 2.45) is 5.92 Å². The normalized spacial score (nSPS) is 30.5. The molecule has 0 radical (unpaired) electrons. The third kappa shape index (κ3) is 2.30. The summed E-state index contributed by atoms with van der Waals surface area (Å²) in [5.41, 5.74) is 0. The lowest BCUT2D eigenvalue weighted by Gasteiger charge is -2.40. The van der Waals surface area contributed by atoms with Crippen LogP contribution in [0.1, 0.15) is 32.1 Å². The molecule has 0 spiro atoms. The predicted octanol–water partition coefficient (Wildman–Crippen LogP) is 1.14. The first-order chi connectivity index (χ1) is 9.08. The summed E-state index contributed by atoms with van der Waals surface area (Å²) in [7, 11) is 3.59. The lowest BCUT2D eigenvalue weighted by atomic mass is 9.96. The average molecular weight is 265 g/mol. The highest BCUT2D eigenvalue weighted by atomic mass is 16.2. The first-order valence-corrected chi connectivity index (χ1v) is 7.35. The molecule has 0 aromatic rings. The quantitative estimate of drug-likeness (QED) is 0.751. The van der Waals surface area contributed by atoms with Crippen LogP contribution in [0.15, 0.2) is 0 Å². The Morgan fingerprint density at radius 1 is 1.21 bits per heavy atom. The Balaban J connectivity index is 1.73. The number of carbonyl (C=O) groups excluding carboxylic acids is 2. The van der Waals surface area contributed by atoms with E-state index in [4.69, 9.17) is 0 Å². The zero-order valence-corrected chi connectivity index (χ0v) is 11.8. The number of piperidine rings is 1. The van der Waals surface area contributed by atoms with Gasteiger partial charge in [0, 0.05) is 33.6 Å². The van der Waals surface area contributed by atoms with E-state index in [9.17, 15) is 9.59 Å². The van der Waals surface area contributed by atoms with Crippen molar-refractivity contribution in [2.45, 2.75) is 44.2 Å². The molecule has 0 unspecified atom stereocenters. The second-order valence-corrected chi connectivity index (χ2v) is 6.32. The molecule has 0 aromatic heterocycles. The topological polar surface area (TPSA) is 43.9 Å². The fourth-order valence-corrected chi connectivity index (χ4v) is 3.46. The third-order valence-corrected chi connectivity index (χ3v) is 4.66. The van der Waals surface area contributed by atoms with Crippen molar-refractivity contribution < 1.29 is 9.59 Å². The highest BCUT2D eigenvalue weighted by Gasteiger charge is 2.46. The maximum absolute atomic E-state index is 12.2. The van der Waals surface area contributed by atoms with Crippen molar-refractivity contribution in [3.63, 3.8) is 0 Å². The monoisotopic (exact) mass is 265 g/mol. The molecule has 5 nitrogen and oxygen atoms in total. The molecule has 0 N–H and O–H groups in total. The van der Waals surface area contributed by atoms with E-state index >= 15 is 0 Å². The van der Waals surface area contributed by atoms with Crippen molar-refractivity contribution in [1.82, 2.24) is 14.7 Å². The fraction of sp³-hybridized carbons (Fsp3) is 0.857. The van der Waals surface area contributed by atoms with Gasteiger partial charge in [-0.25, -0.2) is 4.79 Å². The molecule has 5 heteroatoms. The summed E-state index contributed by atoms with van der Waals surface area (Å²) in [6, 6.07) is 0.602. The fourth-order valence-electron chi connectivity index (χ4n) is 3.46. The maximum Gasteiger partial charge on any atom is 0.319 e. The average Bonchev–Trinajstić information content (AvgIpc) is 3.09. The molecule has 2 saturated heterocycles. The number of carbonyl (C=O) groups is 2. The molecule has 0 bridgehead atoms. The van der Waals surface area contributed by atoms with Gasteiger partial charge in [-0.3, -0.25) is 4.79 Å². The second kappa shape index (κ2) is 4.69. The van der Waals surface area contributed by atoms with E-state index in [-0.39, 0.29) is 18.1 Å². The third-order valence-electron chi connectivity index (χ3n) is 4.66. The Labute approximate surface area is 114 Å². The van der Waals surface area contributed by atoms with Gasteiger partial charge in [-0.2, -0.15) is 0 Å². The molecule has 3 fully saturated rings. The summed E-state index contributed by atoms with van der Waals surface area (Å²) in [6.07, 6.45) is 4.92. The Morgan fingerprint density at radius 2 is 1.95 bits per heavy atom. The SMILES string of the molecule is CN(C)C(=O)N1CC[C@@H]2[C@@H]1CCC(=O)N2CC1CC1. The Morgan fingerprint density at radius 3 is 2.58 bits per heavy atom. The van der Waals surface area contributed by atoms with Crippen LogP contribution in [0, 0.1) is 5.92 Å². The van der Waals surface area contributed by atoms with E-state index in [1.807, 2.05) is 4.90 Å². The lowest BCUT2D eigenvalue weighted by molar-refractivity contribution is -0.137. The van der Waals surface area contributed by atoms with Gasteiger partial charge in [0.25, 0.3) is 0 Å². The van der Waals surface area contributed by atoms with E-state index in [0.717, 1.165) is 31.8 Å². The standard InChI is InChI=1S/C14H23N3O2/c1-15(2)14(19)16-8-7-12-11(16)5-6-13(18)17(12)9-10-3-4-10/h10-12H,3-9H2,1-2H3/t11-,12+/m0/s1. The number of likely N-dealkylation sites (tertiary alicyclic amines) is 2. The minimum atomic E-state index is 0.0909. The van der Waals surface area contributed by atoms with Crippen molar-refractivity contribution in [3.05, 3.63) is 0 Å². The minimum absolute atomic E-state index is 0.0909. The van der Waals surface area contributed by atoms with E-state index in [1.54, 1.807) is 19.0 Å². The molecule has 1 saturated carbocycles. The number of urea groups is 1. The molecule has 3 amide bonds. The van der Waals surface area contributed by atoms with Gasteiger partial charge in [0.15, 0.2) is 0 Å². The Bertz CT molecular complexity index is 392. The van der Waals surface area contributed by atoms with Crippen LogP contribution in [0.3, 0.4) is 0 Å². The van der Waals surface area contributed by atoms with Crippen molar-refractivity contribution in [2.75, 3.05) is 27.2 Å². The van der Waals surface area contributed by atoms with Gasteiger partial charge in [-0.1, -0.05) is 0 Å². The highest BCUT2D eigenvalue weighted by molar-refractivity contribution is 5.79. The molecule has 2 aliphatic heterocycles. The van der Waals surface area contributed by atoms with Crippen molar-refractivity contribution in [1.29, 1.82) is 0 Å². The minimum Gasteiger partial charge on any atom is -0.337 e. The van der Waals surface area contributed by atoms with Crippen molar-refractivity contribution >= 4 is 11.9 Å². The van der Waals surface area contributed by atoms with Crippen LogP contribution in [0.5, 0.6) is 0 Å². The first kappa shape index (κ1) is 12.8. The summed E-state index contributed by atoms with van der Waals surface area (Å²) >= 11 is 0. The van der Waals surface area contributed by atoms with Crippen molar-refractivity contribution in [3.8, 4) is 0 Å².